The van der Waals surface area contributed by atoms with Crippen molar-refractivity contribution in [1.29, 1.82) is 0 Å². The first kappa shape index (κ1) is 16.8. The van der Waals surface area contributed by atoms with Crippen molar-refractivity contribution >= 4 is 34.2 Å². The zero-order chi connectivity index (χ0) is 19.0. The fourth-order valence-corrected chi connectivity index (χ4v) is 3.32. The molecule has 3 aromatic rings. The molecule has 0 saturated carbocycles. The van der Waals surface area contributed by atoms with Gasteiger partial charge in [0.1, 0.15) is 0 Å². The highest BCUT2D eigenvalue weighted by Crippen LogP contribution is 2.39. The third kappa shape index (κ3) is 2.91. The number of hydrogen-bond donors (Lipinski definition) is 2. The molecule has 3 N–H and O–H groups in total. The van der Waals surface area contributed by atoms with Gasteiger partial charge in [0, 0.05) is 16.7 Å². The Morgan fingerprint density at radius 2 is 1.56 bits per heavy atom. The number of benzene rings is 3. The lowest BCUT2D eigenvalue weighted by molar-refractivity contribution is 0.101. The van der Waals surface area contributed by atoms with Crippen molar-refractivity contribution in [2.75, 3.05) is 11.1 Å². The number of nitrogens with two attached hydrogens (primary N) is 1. The van der Waals surface area contributed by atoms with E-state index in [1.165, 1.54) is 6.92 Å². The summed E-state index contributed by atoms with van der Waals surface area (Å²) in [6.07, 6.45) is 0. The van der Waals surface area contributed by atoms with E-state index >= 15 is 0 Å². The molecule has 0 atom stereocenters. The van der Waals surface area contributed by atoms with Crippen LogP contribution in [0.5, 0.6) is 0 Å². The molecule has 27 heavy (non-hydrogen) atoms. The highest BCUT2D eigenvalue weighted by Gasteiger charge is 2.30. The van der Waals surface area contributed by atoms with Crippen LogP contribution < -0.4 is 11.1 Å². The number of ketones is 2. The van der Waals surface area contributed by atoms with Gasteiger partial charge < -0.3 is 11.1 Å². The second kappa shape index (κ2) is 6.57. The summed E-state index contributed by atoms with van der Waals surface area (Å²) in [7, 11) is 0. The maximum Gasteiger partial charge on any atom is 0.196 e. The Kier molecular flexibility index (Phi) is 4.09. The Labute approximate surface area is 157 Å². The highest BCUT2D eigenvalue weighted by atomic mass is 16.1. The highest BCUT2D eigenvalue weighted by molar-refractivity contribution is 6.40. The minimum Gasteiger partial charge on any atom is -0.397 e. The molecule has 0 bridgehead atoms. The van der Waals surface area contributed by atoms with Gasteiger partial charge in [-0.25, -0.2) is 0 Å². The average Bonchev–Trinajstić information content (AvgIpc) is 2.96. The molecule has 0 radical (unpaired) electrons. The first-order valence-electron chi connectivity index (χ1n) is 8.67. The van der Waals surface area contributed by atoms with Crippen LogP contribution in [-0.2, 0) is 0 Å². The van der Waals surface area contributed by atoms with Crippen LogP contribution in [0.2, 0.25) is 0 Å². The number of rotatable bonds is 4. The summed E-state index contributed by atoms with van der Waals surface area (Å²) in [4.78, 5) is 24.6. The lowest BCUT2D eigenvalue weighted by Crippen LogP contribution is -2.04. The molecule has 132 valence electrons. The van der Waals surface area contributed by atoms with E-state index in [1.807, 2.05) is 54.6 Å². The van der Waals surface area contributed by atoms with Crippen LogP contribution in [0.1, 0.15) is 38.8 Å². The zero-order valence-corrected chi connectivity index (χ0v) is 14.8. The Morgan fingerprint density at radius 1 is 0.889 bits per heavy atom. The molecule has 0 spiro atoms. The minimum absolute atomic E-state index is 0.0155. The lowest BCUT2D eigenvalue weighted by atomic mass is 10.0. The number of nitrogen functional groups attached to an aromatic ring is 1. The minimum atomic E-state index is -0.0428. The van der Waals surface area contributed by atoms with Crippen LogP contribution in [0.4, 0.5) is 11.4 Å². The summed E-state index contributed by atoms with van der Waals surface area (Å²) in [5, 5.41) is 3.33. The normalized spacial score (nSPS) is 12.9. The van der Waals surface area contributed by atoms with Crippen molar-refractivity contribution in [3.05, 3.63) is 95.1 Å². The first-order valence-corrected chi connectivity index (χ1v) is 8.67. The van der Waals surface area contributed by atoms with E-state index in [9.17, 15) is 9.59 Å². The molecule has 0 aromatic heterocycles. The van der Waals surface area contributed by atoms with Crippen molar-refractivity contribution in [3.63, 3.8) is 0 Å². The molecule has 3 aromatic carbocycles. The van der Waals surface area contributed by atoms with Crippen molar-refractivity contribution in [2.24, 2.45) is 0 Å². The number of allylic oxidation sites excluding steroid dienone is 1. The van der Waals surface area contributed by atoms with Crippen molar-refractivity contribution < 1.29 is 9.59 Å². The van der Waals surface area contributed by atoms with Gasteiger partial charge in [0.15, 0.2) is 11.6 Å². The molecule has 0 aliphatic heterocycles. The van der Waals surface area contributed by atoms with Crippen molar-refractivity contribution in [2.45, 2.75) is 6.92 Å². The number of hydrogen-bond acceptors (Lipinski definition) is 4. The largest absolute Gasteiger partial charge is 0.397 e. The van der Waals surface area contributed by atoms with E-state index in [0.29, 0.717) is 28.1 Å². The summed E-state index contributed by atoms with van der Waals surface area (Å²) in [5.74, 6) is -0.0583. The monoisotopic (exact) mass is 354 g/mol. The Hall–Kier alpha value is -3.66. The van der Waals surface area contributed by atoms with Crippen LogP contribution in [-0.4, -0.2) is 11.6 Å². The predicted octanol–water partition coefficient (Wildman–Crippen LogP) is 4.65. The molecule has 4 nitrogen and oxygen atoms in total. The maximum atomic E-state index is 13.1. The topological polar surface area (TPSA) is 72.2 Å². The molecule has 0 saturated heterocycles. The van der Waals surface area contributed by atoms with Gasteiger partial charge in [-0.15, -0.1) is 0 Å². The molecule has 1 aliphatic rings. The van der Waals surface area contributed by atoms with Gasteiger partial charge in [-0.05, 0) is 30.7 Å². The van der Waals surface area contributed by atoms with Gasteiger partial charge in [-0.1, -0.05) is 54.6 Å². The summed E-state index contributed by atoms with van der Waals surface area (Å²) in [6, 6.07) is 22.2. The van der Waals surface area contributed by atoms with Crippen LogP contribution in [0, 0.1) is 0 Å². The van der Waals surface area contributed by atoms with Gasteiger partial charge in [-0.3, -0.25) is 9.59 Å². The number of anilines is 2. The Bertz CT molecular complexity index is 1100. The SMILES string of the molecule is CC(=O)c1ccc(NC2=C(c3ccccc3)C(=O)c3ccccc32)c(N)c1. The van der Waals surface area contributed by atoms with E-state index < -0.39 is 0 Å². The fraction of sp³-hybridized carbons (Fsp3) is 0.0435. The smallest absolute Gasteiger partial charge is 0.196 e. The number of Topliss-reactive ketones (excluding diaryl/α,β-unsaturated/α-hetero) is 2. The van der Waals surface area contributed by atoms with Gasteiger partial charge in [0.05, 0.1) is 22.6 Å². The third-order valence-corrected chi connectivity index (χ3v) is 4.70. The number of fused-ring (bicyclic) bond motifs is 1. The van der Waals surface area contributed by atoms with Crippen LogP contribution in [0.25, 0.3) is 11.3 Å². The molecular formula is C23H18N2O2. The number of nitrogens with one attached hydrogen (secondary N) is 1. The molecular weight excluding hydrogens is 336 g/mol. The average molecular weight is 354 g/mol. The predicted molar refractivity (Wildman–Crippen MR) is 109 cm³/mol. The summed E-state index contributed by atoms with van der Waals surface area (Å²) in [6.45, 7) is 1.50. The quantitative estimate of drug-likeness (QED) is 0.528. The second-order valence-corrected chi connectivity index (χ2v) is 6.47. The third-order valence-electron chi connectivity index (χ3n) is 4.70. The Morgan fingerprint density at radius 3 is 2.22 bits per heavy atom. The van der Waals surface area contributed by atoms with Gasteiger partial charge >= 0.3 is 0 Å². The van der Waals surface area contributed by atoms with E-state index in [0.717, 1.165) is 16.8 Å². The molecule has 1 aliphatic carbocycles. The van der Waals surface area contributed by atoms with E-state index in [1.54, 1.807) is 18.2 Å². The number of carbonyl (C=O) groups is 2. The lowest BCUT2D eigenvalue weighted by Gasteiger charge is -2.14. The fourth-order valence-electron chi connectivity index (χ4n) is 3.32. The second-order valence-electron chi connectivity index (χ2n) is 6.47. The summed E-state index contributed by atoms with van der Waals surface area (Å²) in [5.41, 5.74) is 11.5. The molecule has 0 heterocycles. The molecule has 0 unspecified atom stereocenters. The molecule has 0 amide bonds. The van der Waals surface area contributed by atoms with Crippen LogP contribution >= 0.6 is 0 Å². The number of carbonyl (C=O) groups excluding carboxylic acids is 2. The Balaban J connectivity index is 1.85. The van der Waals surface area contributed by atoms with E-state index in [4.69, 9.17) is 5.73 Å². The van der Waals surface area contributed by atoms with Gasteiger partial charge in [0.25, 0.3) is 0 Å². The standard InChI is InChI=1S/C23H18N2O2/c1-14(26)16-11-12-20(19(24)13-16)25-22-17-9-5-6-10-18(17)23(27)21(22)15-7-3-2-4-8-15/h2-13,25H,24H2,1H3. The summed E-state index contributed by atoms with van der Waals surface area (Å²) < 4.78 is 0. The maximum absolute atomic E-state index is 13.1. The van der Waals surface area contributed by atoms with Gasteiger partial charge in [0.2, 0.25) is 0 Å². The van der Waals surface area contributed by atoms with Gasteiger partial charge in [-0.2, -0.15) is 0 Å². The van der Waals surface area contributed by atoms with Crippen LogP contribution in [0.3, 0.4) is 0 Å². The van der Waals surface area contributed by atoms with Crippen molar-refractivity contribution in [1.82, 2.24) is 0 Å². The summed E-state index contributed by atoms with van der Waals surface area (Å²) >= 11 is 0. The zero-order valence-electron chi connectivity index (χ0n) is 14.8. The molecule has 4 heteroatoms. The first-order chi connectivity index (χ1) is 13.1. The molecule has 4 rings (SSSR count). The van der Waals surface area contributed by atoms with E-state index in [-0.39, 0.29) is 11.6 Å². The molecule has 0 fully saturated rings. The van der Waals surface area contributed by atoms with Crippen LogP contribution in [0.15, 0.2) is 72.8 Å². The van der Waals surface area contributed by atoms with Crippen molar-refractivity contribution in [3.8, 4) is 0 Å². The van der Waals surface area contributed by atoms with E-state index in [2.05, 4.69) is 5.32 Å².